The predicted octanol–water partition coefficient (Wildman–Crippen LogP) is 3.80. The molecule has 25 heavy (non-hydrogen) atoms. The number of halogens is 1. The van der Waals surface area contributed by atoms with Gasteiger partial charge in [-0.1, -0.05) is 0 Å². The van der Waals surface area contributed by atoms with Crippen LogP contribution in [0.3, 0.4) is 0 Å². The summed E-state index contributed by atoms with van der Waals surface area (Å²) in [6.07, 6.45) is 1.24. The standard InChI is InChI=1S/C18H15BrN2O4/c1-2-25-14-5-3-13(4-6-14)21-18(24)12(10-20)7-11-8-15(19)17(23)9-16(11)22/h3-9,22-23H,2H2,1H3,(H,21,24)/b12-7-. The first-order valence-corrected chi connectivity index (χ1v) is 8.11. The van der Waals surface area contributed by atoms with Crippen molar-refractivity contribution in [2.75, 3.05) is 11.9 Å². The third kappa shape index (κ3) is 4.75. The smallest absolute Gasteiger partial charge is 0.266 e. The molecule has 2 rings (SSSR count). The first kappa shape index (κ1) is 18.4. The van der Waals surface area contributed by atoms with Crippen molar-refractivity contribution in [2.45, 2.75) is 6.92 Å². The Balaban J connectivity index is 2.21. The monoisotopic (exact) mass is 402 g/mol. The average molecular weight is 403 g/mol. The molecule has 2 aromatic carbocycles. The van der Waals surface area contributed by atoms with Crippen molar-refractivity contribution in [1.29, 1.82) is 5.26 Å². The number of hydrogen-bond acceptors (Lipinski definition) is 5. The number of benzene rings is 2. The van der Waals surface area contributed by atoms with E-state index in [0.717, 1.165) is 6.07 Å². The lowest BCUT2D eigenvalue weighted by molar-refractivity contribution is -0.112. The van der Waals surface area contributed by atoms with Gasteiger partial charge in [0.1, 0.15) is 28.9 Å². The first-order valence-electron chi connectivity index (χ1n) is 7.32. The molecule has 0 atom stereocenters. The summed E-state index contributed by atoms with van der Waals surface area (Å²) in [6.45, 7) is 2.41. The highest BCUT2D eigenvalue weighted by Gasteiger charge is 2.12. The molecule has 0 radical (unpaired) electrons. The van der Waals surface area contributed by atoms with E-state index in [-0.39, 0.29) is 22.6 Å². The molecule has 7 heteroatoms. The van der Waals surface area contributed by atoms with Crippen molar-refractivity contribution in [3.05, 3.63) is 52.0 Å². The van der Waals surface area contributed by atoms with Crippen molar-refractivity contribution in [1.82, 2.24) is 0 Å². The van der Waals surface area contributed by atoms with Crippen LogP contribution >= 0.6 is 15.9 Å². The van der Waals surface area contributed by atoms with Crippen LogP contribution in [0.5, 0.6) is 17.2 Å². The second kappa shape index (κ2) is 8.22. The fraction of sp³-hybridized carbons (Fsp3) is 0.111. The van der Waals surface area contributed by atoms with Gasteiger partial charge in [-0.2, -0.15) is 5.26 Å². The fourth-order valence-electron chi connectivity index (χ4n) is 1.99. The van der Waals surface area contributed by atoms with E-state index in [9.17, 15) is 20.3 Å². The van der Waals surface area contributed by atoms with Crippen LogP contribution in [0.25, 0.3) is 6.08 Å². The number of nitriles is 1. The highest BCUT2D eigenvalue weighted by molar-refractivity contribution is 9.10. The minimum atomic E-state index is -0.616. The summed E-state index contributed by atoms with van der Waals surface area (Å²) in [7, 11) is 0. The van der Waals surface area contributed by atoms with E-state index in [1.807, 2.05) is 6.92 Å². The van der Waals surface area contributed by atoms with E-state index < -0.39 is 5.91 Å². The lowest BCUT2D eigenvalue weighted by Gasteiger charge is -2.07. The van der Waals surface area contributed by atoms with Gasteiger partial charge in [-0.25, -0.2) is 0 Å². The third-order valence-electron chi connectivity index (χ3n) is 3.18. The Morgan fingerprint density at radius 2 is 1.96 bits per heavy atom. The largest absolute Gasteiger partial charge is 0.507 e. The molecule has 0 aliphatic heterocycles. The minimum Gasteiger partial charge on any atom is -0.507 e. The molecule has 0 saturated carbocycles. The second-order valence-corrected chi connectivity index (χ2v) is 5.80. The predicted molar refractivity (Wildman–Crippen MR) is 97.3 cm³/mol. The maximum Gasteiger partial charge on any atom is 0.266 e. The van der Waals surface area contributed by atoms with Gasteiger partial charge in [0, 0.05) is 17.3 Å². The molecule has 2 aromatic rings. The number of aromatic hydroxyl groups is 2. The van der Waals surface area contributed by atoms with E-state index in [4.69, 9.17) is 4.74 Å². The van der Waals surface area contributed by atoms with Crippen LogP contribution in [-0.4, -0.2) is 22.7 Å². The maximum absolute atomic E-state index is 12.2. The Labute approximate surface area is 153 Å². The molecule has 0 spiro atoms. The summed E-state index contributed by atoms with van der Waals surface area (Å²) in [5.74, 6) is -0.333. The minimum absolute atomic E-state index is 0.146. The Morgan fingerprint density at radius 3 is 2.56 bits per heavy atom. The topological polar surface area (TPSA) is 103 Å². The van der Waals surface area contributed by atoms with Crippen molar-refractivity contribution in [2.24, 2.45) is 0 Å². The van der Waals surface area contributed by atoms with Crippen molar-refractivity contribution < 1.29 is 19.7 Å². The zero-order valence-corrected chi connectivity index (χ0v) is 14.9. The SMILES string of the molecule is CCOc1ccc(NC(=O)/C(C#N)=C\c2cc(Br)c(O)cc2O)cc1. The van der Waals surface area contributed by atoms with Gasteiger partial charge in [0.25, 0.3) is 5.91 Å². The molecule has 0 heterocycles. The summed E-state index contributed by atoms with van der Waals surface area (Å²) in [6, 6.07) is 11.1. The molecule has 0 aliphatic carbocycles. The quantitative estimate of drug-likeness (QED) is 0.521. The van der Waals surface area contributed by atoms with Gasteiger partial charge in [0.15, 0.2) is 0 Å². The number of carbonyl (C=O) groups is 1. The van der Waals surface area contributed by atoms with Crippen molar-refractivity contribution in [3.8, 4) is 23.3 Å². The van der Waals surface area contributed by atoms with Gasteiger partial charge in [-0.3, -0.25) is 4.79 Å². The molecule has 0 saturated heterocycles. The molecule has 0 aliphatic rings. The highest BCUT2D eigenvalue weighted by atomic mass is 79.9. The number of nitrogens with zero attached hydrogens (tertiary/aromatic N) is 1. The lowest BCUT2D eigenvalue weighted by Crippen LogP contribution is -2.13. The van der Waals surface area contributed by atoms with Crippen molar-refractivity contribution >= 4 is 33.6 Å². The van der Waals surface area contributed by atoms with Gasteiger partial charge in [-0.05, 0) is 59.3 Å². The molecule has 1 amide bonds. The highest BCUT2D eigenvalue weighted by Crippen LogP contribution is 2.32. The van der Waals surface area contributed by atoms with E-state index in [0.29, 0.717) is 22.5 Å². The molecular formula is C18H15BrN2O4. The van der Waals surface area contributed by atoms with Gasteiger partial charge in [-0.15, -0.1) is 0 Å². The summed E-state index contributed by atoms with van der Waals surface area (Å²) < 4.78 is 5.65. The number of phenolic OH excluding ortho intramolecular Hbond substituents is 2. The van der Waals surface area contributed by atoms with Crippen LogP contribution < -0.4 is 10.1 Å². The van der Waals surface area contributed by atoms with Gasteiger partial charge >= 0.3 is 0 Å². The fourth-order valence-corrected chi connectivity index (χ4v) is 2.35. The van der Waals surface area contributed by atoms with Crippen LogP contribution in [0, 0.1) is 11.3 Å². The first-order chi connectivity index (χ1) is 11.9. The zero-order valence-electron chi connectivity index (χ0n) is 13.3. The number of carbonyl (C=O) groups excluding carboxylic acids is 1. The number of hydrogen-bond donors (Lipinski definition) is 3. The molecule has 3 N–H and O–H groups in total. The van der Waals surface area contributed by atoms with E-state index in [1.54, 1.807) is 30.3 Å². The normalized spacial score (nSPS) is 10.8. The van der Waals surface area contributed by atoms with Gasteiger partial charge in [0.2, 0.25) is 0 Å². The Bertz CT molecular complexity index is 855. The van der Waals surface area contributed by atoms with Crippen LogP contribution in [0.1, 0.15) is 12.5 Å². The Hall–Kier alpha value is -2.98. The van der Waals surface area contributed by atoms with E-state index >= 15 is 0 Å². The Morgan fingerprint density at radius 1 is 1.28 bits per heavy atom. The molecule has 0 unspecified atom stereocenters. The molecule has 0 fully saturated rings. The summed E-state index contributed by atoms with van der Waals surface area (Å²) in [5, 5.41) is 31.2. The third-order valence-corrected chi connectivity index (χ3v) is 3.82. The van der Waals surface area contributed by atoms with E-state index in [2.05, 4.69) is 21.2 Å². The van der Waals surface area contributed by atoms with Crippen LogP contribution in [0.15, 0.2) is 46.4 Å². The van der Waals surface area contributed by atoms with E-state index in [1.165, 1.54) is 12.1 Å². The maximum atomic E-state index is 12.2. The average Bonchev–Trinajstić information content (AvgIpc) is 2.58. The van der Waals surface area contributed by atoms with Crippen LogP contribution in [-0.2, 0) is 4.79 Å². The molecule has 0 bridgehead atoms. The van der Waals surface area contributed by atoms with Gasteiger partial charge < -0.3 is 20.3 Å². The van der Waals surface area contributed by atoms with Crippen LogP contribution in [0.2, 0.25) is 0 Å². The number of nitrogens with one attached hydrogen (secondary N) is 1. The van der Waals surface area contributed by atoms with Crippen molar-refractivity contribution in [3.63, 3.8) is 0 Å². The van der Waals surface area contributed by atoms with Crippen LogP contribution in [0.4, 0.5) is 5.69 Å². The number of rotatable bonds is 5. The number of ether oxygens (including phenoxy) is 1. The zero-order chi connectivity index (χ0) is 18.4. The molecule has 6 nitrogen and oxygen atoms in total. The second-order valence-electron chi connectivity index (χ2n) is 4.94. The molecule has 128 valence electrons. The lowest BCUT2D eigenvalue weighted by atomic mass is 10.1. The molecular weight excluding hydrogens is 388 g/mol. The molecule has 0 aromatic heterocycles. The summed E-state index contributed by atoms with van der Waals surface area (Å²) >= 11 is 3.12. The Kier molecular flexibility index (Phi) is 6.03. The van der Waals surface area contributed by atoms with Gasteiger partial charge in [0.05, 0.1) is 11.1 Å². The summed E-state index contributed by atoms with van der Waals surface area (Å²) in [5.41, 5.74) is 0.538. The number of phenols is 2. The number of anilines is 1. The summed E-state index contributed by atoms with van der Waals surface area (Å²) in [4.78, 5) is 12.2. The number of amides is 1.